The Hall–Kier alpha value is -1.62. The lowest BCUT2D eigenvalue weighted by Crippen LogP contribution is -2.08. The number of Topliss-reactive ketones (excluding diaryl/α,β-unsaturated/α-hetero) is 1. The van der Waals surface area contributed by atoms with Crippen LogP contribution >= 0.6 is 15.9 Å². The molecule has 2 aromatic rings. The Kier molecular flexibility index (Phi) is 4.28. The molecule has 0 N–H and O–H groups in total. The zero-order valence-electron chi connectivity index (χ0n) is 10.5. The van der Waals surface area contributed by atoms with Crippen molar-refractivity contribution in [3.8, 4) is 0 Å². The number of ketones is 1. The Morgan fingerprint density at radius 3 is 2.45 bits per heavy atom. The lowest BCUT2D eigenvalue weighted by molar-refractivity contribution is 0.0988. The van der Waals surface area contributed by atoms with Crippen LogP contribution in [0.3, 0.4) is 0 Å². The first kappa shape index (κ1) is 14.8. The maximum Gasteiger partial charge on any atom is 0.170 e. The fourth-order valence-corrected chi connectivity index (χ4v) is 2.30. The normalized spacial score (nSPS) is 10.7. The van der Waals surface area contributed by atoms with Crippen LogP contribution in [0.5, 0.6) is 0 Å². The van der Waals surface area contributed by atoms with Gasteiger partial charge in [-0.2, -0.15) is 0 Å². The number of benzene rings is 2. The molecule has 0 atom stereocenters. The third-order valence-electron chi connectivity index (χ3n) is 2.91. The third-order valence-corrected chi connectivity index (χ3v) is 3.65. The van der Waals surface area contributed by atoms with E-state index in [9.17, 15) is 18.0 Å². The zero-order chi connectivity index (χ0) is 14.9. The van der Waals surface area contributed by atoms with E-state index >= 15 is 0 Å². The van der Waals surface area contributed by atoms with Gasteiger partial charge in [0, 0.05) is 17.0 Å². The van der Waals surface area contributed by atoms with E-state index in [-0.39, 0.29) is 17.5 Å². The van der Waals surface area contributed by atoms with Gasteiger partial charge in [0.05, 0.1) is 5.56 Å². The predicted molar refractivity (Wildman–Crippen MR) is 73.2 cm³/mol. The molecule has 0 spiro atoms. The highest BCUT2D eigenvalue weighted by Crippen LogP contribution is 2.21. The maximum absolute atomic E-state index is 13.6. The lowest BCUT2D eigenvalue weighted by atomic mass is 10.0. The van der Waals surface area contributed by atoms with E-state index in [0.29, 0.717) is 16.1 Å². The van der Waals surface area contributed by atoms with E-state index in [1.807, 2.05) is 0 Å². The summed E-state index contributed by atoms with van der Waals surface area (Å²) in [6.07, 6.45) is -0.0944. The zero-order valence-corrected chi connectivity index (χ0v) is 12.1. The first-order valence-corrected chi connectivity index (χ1v) is 6.60. The molecule has 0 aliphatic carbocycles. The molecule has 0 heterocycles. The summed E-state index contributed by atoms with van der Waals surface area (Å²) in [5, 5.41) is 0. The van der Waals surface area contributed by atoms with Gasteiger partial charge in [-0.15, -0.1) is 0 Å². The Morgan fingerprint density at radius 2 is 1.80 bits per heavy atom. The van der Waals surface area contributed by atoms with Crippen LogP contribution in [0.15, 0.2) is 34.8 Å². The van der Waals surface area contributed by atoms with Gasteiger partial charge in [0.15, 0.2) is 5.78 Å². The molecule has 0 fully saturated rings. The molecule has 2 aromatic carbocycles. The third kappa shape index (κ3) is 3.10. The Bertz CT molecular complexity index is 683. The minimum absolute atomic E-state index is 0.0944. The number of hydrogen-bond donors (Lipinski definition) is 0. The molecule has 0 saturated carbocycles. The van der Waals surface area contributed by atoms with Gasteiger partial charge in [-0.1, -0.05) is 22.0 Å². The van der Waals surface area contributed by atoms with Crippen molar-refractivity contribution < 1.29 is 18.0 Å². The van der Waals surface area contributed by atoms with Gasteiger partial charge in [-0.3, -0.25) is 4.79 Å². The fourth-order valence-electron chi connectivity index (χ4n) is 1.80. The summed E-state index contributed by atoms with van der Waals surface area (Å²) >= 11 is 3.15. The highest BCUT2D eigenvalue weighted by Gasteiger charge is 2.16. The minimum Gasteiger partial charge on any atom is -0.294 e. The van der Waals surface area contributed by atoms with Crippen LogP contribution in [-0.4, -0.2) is 5.78 Å². The van der Waals surface area contributed by atoms with Crippen molar-refractivity contribution in [2.24, 2.45) is 0 Å². The molecule has 0 saturated heterocycles. The summed E-state index contributed by atoms with van der Waals surface area (Å²) in [5.41, 5.74) is 0.575. The summed E-state index contributed by atoms with van der Waals surface area (Å²) in [4.78, 5) is 12.1. The van der Waals surface area contributed by atoms with Gasteiger partial charge in [0.1, 0.15) is 17.5 Å². The second kappa shape index (κ2) is 5.79. The lowest BCUT2D eigenvalue weighted by Gasteiger charge is -2.07. The maximum atomic E-state index is 13.6. The van der Waals surface area contributed by atoms with E-state index in [1.165, 1.54) is 31.2 Å². The smallest absolute Gasteiger partial charge is 0.170 e. The van der Waals surface area contributed by atoms with Gasteiger partial charge in [0.25, 0.3) is 0 Å². The van der Waals surface area contributed by atoms with Gasteiger partial charge < -0.3 is 0 Å². The highest BCUT2D eigenvalue weighted by molar-refractivity contribution is 9.10. The number of carbonyl (C=O) groups excluding carboxylic acids is 1. The van der Waals surface area contributed by atoms with Crippen LogP contribution in [-0.2, 0) is 6.42 Å². The summed E-state index contributed by atoms with van der Waals surface area (Å²) in [7, 11) is 0. The molecule has 104 valence electrons. The van der Waals surface area contributed by atoms with E-state index in [2.05, 4.69) is 15.9 Å². The number of halogens is 4. The van der Waals surface area contributed by atoms with Crippen molar-refractivity contribution in [3.63, 3.8) is 0 Å². The van der Waals surface area contributed by atoms with E-state index < -0.39 is 23.2 Å². The standard InChI is InChI=1S/C15H10BrF3O/c1-8-4-11(14(19)7-13(8)18)15(20)5-9-2-3-10(17)6-12(9)16/h2-4,6-7H,5H2,1H3. The van der Waals surface area contributed by atoms with Crippen LogP contribution < -0.4 is 0 Å². The molecule has 0 aromatic heterocycles. The van der Waals surface area contributed by atoms with Crippen molar-refractivity contribution in [1.82, 2.24) is 0 Å². The van der Waals surface area contributed by atoms with Crippen molar-refractivity contribution in [2.75, 3.05) is 0 Å². The molecule has 0 aliphatic heterocycles. The summed E-state index contributed by atoms with van der Waals surface area (Å²) < 4.78 is 40.2. The first-order valence-electron chi connectivity index (χ1n) is 5.81. The van der Waals surface area contributed by atoms with Gasteiger partial charge in [-0.25, -0.2) is 13.2 Å². The second-order valence-corrected chi connectivity index (χ2v) is 5.27. The van der Waals surface area contributed by atoms with Crippen molar-refractivity contribution >= 4 is 21.7 Å². The quantitative estimate of drug-likeness (QED) is 0.745. The molecule has 1 nitrogen and oxygen atoms in total. The molecule has 0 aliphatic rings. The average molecular weight is 343 g/mol. The van der Waals surface area contributed by atoms with E-state index in [0.717, 1.165) is 0 Å². The van der Waals surface area contributed by atoms with Crippen LogP contribution in [0.1, 0.15) is 21.5 Å². The molecule has 20 heavy (non-hydrogen) atoms. The van der Waals surface area contributed by atoms with Gasteiger partial charge in [-0.05, 0) is 36.2 Å². The SMILES string of the molecule is Cc1cc(C(=O)Cc2ccc(F)cc2Br)c(F)cc1F. The predicted octanol–water partition coefficient (Wildman–Crippen LogP) is 4.60. The number of rotatable bonds is 3. The molecule has 2 rings (SSSR count). The Morgan fingerprint density at radius 1 is 1.10 bits per heavy atom. The van der Waals surface area contributed by atoms with Crippen molar-refractivity contribution in [2.45, 2.75) is 13.3 Å². The van der Waals surface area contributed by atoms with Gasteiger partial charge >= 0.3 is 0 Å². The first-order chi connectivity index (χ1) is 9.38. The van der Waals surface area contributed by atoms with Crippen molar-refractivity contribution in [1.29, 1.82) is 0 Å². The molecule has 5 heteroatoms. The Labute approximate surface area is 122 Å². The summed E-state index contributed by atoms with van der Waals surface area (Å²) in [6.45, 7) is 1.46. The number of aryl methyl sites for hydroxylation is 1. The van der Waals surface area contributed by atoms with Crippen LogP contribution in [0, 0.1) is 24.4 Å². The summed E-state index contributed by atoms with van der Waals surface area (Å²) in [6, 6.07) is 5.78. The number of carbonyl (C=O) groups is 1. The van der Waals surface area contributed by atoms with Crippen LogP contribution in [0.2, 0.25) is 0 Å². The van der Waals surface area contributed by atoms with E-state index in [4.69, 9.17) is 0 Å². The summed E-state index contributed by atoms with van der Waals surface area (Å²) in [5.74, 6) is -2.51. The minimum atomic E-state index is -0.892. The molecule has 0 bridgehead atoms. The molecular formula is C15H10BrF3O. The van der Waals surface area contributed by atoms with Crippen LogP contribution in [0.4, 0.5) is 13.2 Å². The largest absolute Gasteiger partial charge is 0.294 e. The van der Waals surface area contributed by atoms with Crippen molar-refractivity contribution in [3.05, 3.63) is 68.9 Å². The topological polar surface area (TPSA) is 17.1 Å². The fraction of sp³-hybridized carbons (Fsp3) is 0.133. The average Bonchev–Trinajstić information content (AvgIpc) is 2.37. The van der Waals surface area contributed by atoms with E-state index in [1.54, 1.807) is 0 Å². The monoisotopic (exact) mass is 342 g/mol. The second-order valence-electron chi connectivity index (χ2n) is 4.42. The molecule has 0 radical (unpaired) electrons. The number of hydrogen-bond acceptors (Lipinski definition) is 1. The molecular weight excluding hydrogens is 333 g/mol. The Balaban J connectivity index is 2.31. The van der Waals surface area contributed by atoms with Gasteiger partial charge in [0.2, 0.25) is 0 Å². The highest BCUT2D eigenvalue weighted by atomic mass is 79.9. The molecule has 0 amide bonds. The molecule has 0 unspecified atom stereocenters. The van der Waals surface area contributed by atoms with Crippen LogP contribution in [0.25, 0.3) is 0 Å².